The van der Waals surface area contributed by atoms with E-state index in [1.54, 1.807) is 18.2 Å². The van der Waals surface area contributed by atoms with Gasteiger partial charge in [0.25, 0.3) is 0 Å². The van der Waals surface area contributed by atoms with Crippen molar-refractivity contribution in [2.75, 3.05) is 22.4 Å². The molecule has 0 spiro atoms. The van der Waals surface area contributed by atoms with Crippen LogP contribution in [0.1, 0.15) is 24.2 Å². The predicted molar refractivity (Wildman–Crippen MR) is 102 cm³/mol. The van der Waals surface area contributed by atoms with E-state index in [9.17, 15) is 21.6 Å². The Balaban J connectivity index is 2.06. The summed E-state index contributed by atoms with van der Waals surface area (Å²) in [6.07, 6.45) is 1.76. The average molecular weight is 453 g/mol. The van der Waals surface area contributed by atoms with Crippen LogP contribution >= 0.6 is 0 Å². The number of alkyl halides is 3. The van der Waals surface area contributed by atoms with Crippen LogP contribution in [-0.4, -0.2) is 37.0 Å². The van der Waals surface area contributed by atoms with E-state index in [-0.39, 0.29) is 23.0 Å². The molecule has 0 bridgehead atoms. The van der Waals surface area contributed by atoms with Gasteiger partial charge in [0.05, 0.1) is 5.69 Å². The van der Waals surface area contributed by atoms with Gasteiger partial charge in [-0.05, 0) is 31.0 Å². The molecule has 0 radical (unpaired) electrons. The summed E-state index contributed by atoms with van der Waals surface area (Å²) < 4.78 is 62.4. The van der Waals surface area contributed by atoms with Crippen LogP contribution in [0, 0.1) is 22.7 Å². The van der Waals surface area contributed by atoms with Gasteiger partial charge in [-0.15, -0.1) is 10.2 Å². The summed E-state index contributed by atoms with van der Waals surface area (Å²) in [4.78, 5) is 7.98. The molecule has 1 aliphatic heterocycles. The number of hydrogen-bond acceptors (Lipinski definition) is 9. The first kappa shape index (κ1) is 22.0. The highest BCUT2D eigenvalue weighted by atomic mass is 32.2. The smallest absolute Gasteiger partial charge is 0.371 e. The molecule has 3 N–H and O–H groups in total. The van der Waals surface area contributed by atoms with Gasteiger partial charge in [0.2, 0.25) is 5.95 Å². The number of nitrogens with zero attached hydrogens (tertiary/aromatic N) is 7. The predicted octanol–water partition coefficient (Wildman–Crippen LogP) is 2.70. The first-order valence-corrected chi connectivity index (χ1v) is 10.1. The van der Waals surface area contributed by atoms with Crippen molar-refractivity contribution in [2.45, 2.75) is 18.3 Å². The molecule has 1 aromatic heterocycles. The third-order valence-corrected chi connectivity index (χ3v) is 5.68. The minimum Gasteiger partial charge on any atom is -0.371 e. The van der Waals surface area contributed by atoms with Gasteiger partial charge in [-0.1, -0.05) is 0 Å². The molecule has 0 atom stereocenters. The molecule has 0 aliphatic carbocycles. The van der Waals surface area contributed by atoms with E-state index < -0.39 is 25.6 Å². The van der Waals surface area contributed by atoms with Gasteiger partial charge in [0.1, 0.15) is 17.8 Å². The van der Waals surface area contributed by atoms with Crippen molar-refractivity contribution in [1.29, 1.82) is 10.5 Å². The van der Waals surface area contributed by atoms with Crippen molar-refractivity contribution in [3.8, 4) is 12.1 Å². The molecule has 1 aromatic carbocycles. The number of anilines is 2. The standard InChI is InChI=1S/C16H14F3N9O2S/c17-16(18,19)31(29,30)28(22)14-7-10(27-5-1-2-6-27)3-4-11(14)25-26-15-23-12(8-20)13(9-21)24-15/h3-4,7H,1-2,5-6,22H2,(H,23,24). The van der Waals surface area contributed by atoms with Crippen molar-refractivity contribution >= 4 is 33.0 Å². The molecule has 162 valence electrons. The molecule has 11 nitrogen and oxygen atoms in total. The molecule has 0 saturated carbocycles. The Morgan fingerprint density at radius 3 is 2.42 bits per heavy atom. The van der Waals surface area contributed by atoms with Gasteiger partial charge in [-0.2, -0.15) is 41.5 Å². The zero-order valence-corrected chi connectivity index (χ0v) is 16.4. The van der Waals surface area contributed by atoms with E-state index in [0.717, 1.165) is 12.8 Å². The molecule has 2 heterocycles. The number of azo groups is 1. The molecule has 1 fully saturated rings. The number of aromatic nitrogens is 2. The summed E-state index contributed by atoms with van der Waals surface area (Å²) >= 11 is 0. The number of hydrazine groups is 1. The zero-order chi connectivity index (χ0) is 22.8. The van der Waals surface area contributed by atoms with Crippen LogP contribution in [-0.2, 0) is 10.0 Å². The van der Waals surface area contributed by atoms with Gasteiger partial charge in [0, 0.05) is 18.8 Å². The van der Waals surface area contributed by atoms with Crippen molar-refractivity contribution in [3.63, 3.8) is 0 Å². The number of aromatic amines is 1. The zero-order valence-electron chi connectivity index (χ0n) is 15.6. The highest BCUT2D eigenvalue weighted by Crippen LogP contribution is 2.38. The lowest BCUT2D eigenvalue weighted by Crippen LogP contribution is -2.45. The van der Waals surface area contributed by atoms with Crippen LogP contribution in [0.2, 0.25) is 0 Å². The molecular formula is C16H14F3N9O2S. The normalized spacial score (nSPS) is 14.6. The number of nitrogens with one attached hydrogen (secondary N) is 1. The largest absolute Gasteiger partial charge is 0.518 e. The van der Waals surface area contributed by atoms with Crippen molar-refractivity contribution in [1.82, 2.24) is 9.97 Å². The fourth-order valence-electron chi connectivity index (χ4n) is 2.86. The maximum atomic E-state index is 13.0. The van der Waals surface area contributed by atoms with Gasteiger partial charge in [-0.3, -0.25) is 0 Å². The molecule has 2 aromatic rings. The van der Waals surface area contributed by atoms with Crippen LogP contribution in [0.25, 0.3) is 0 Å². The topological polar surface area (TPSA) is 168 Å². The Hall–Kier alpha value is -3.69. The van der Waals surface area contributed by atoms with E-state index in [4.69, 9.17) is 16.4 Å². The van der Waals surface area contributed by atoms with Gasteiger partial charge >= 0.3 is 15.5 Å². The van der Waals surface area contributed by atoms with E-state index in [1.165, 1.54) is 12.1 Å². The first-order chi connectivity index (χ1) is 14.6. The minimum absolute atomic E-state index is 0.179. The number of sulfonamides is 1. The Morgan fingerprint density at radius 2 is 1.87 bits per heavy atom. The third kappa shape index (κ3) is 4.27. The second-order valence-electron chi connectivity index (χ2n) is 6.32. The SMILES string of the molecule is N#Cc1nc(N=Nc2ccc(N3CCCC3)cc2N(N)S(=O)(=O)C(F)(F)F)[nH]c1C#N. The number of rotatable bonds is 5. The van der Waals surface area contributed by atoms with Crippen LogP contribution in [0.5, 0.6) is 0 Å². The van der Waals surface area contributed by atoms with Crippen molar-refractivity contribution < 1.29 is 21.6 Å². The summed E-state index contributed by atoms with van der Waals surface area (Å²) in [5, 5.41) is 25.2. The van der Waals surface area contributed by atoms with Gasteiger partial charge < -0.3 is 9.88 Å². The van der Waals surface area contributed by atoms with Crippen molar-refractivity contribution in [2.24, 2.45) is 16.1 Å². The monoisotopic (exact) mass is 453 g/mol. The van der Waals surface area contributed by atoms with Crippen LogP contribution < -0.4 is 15.2 Å². The molecule has 1 aliphatic rings. The Labute approximate surface area is 174 Å². The first-order valence-electron chi connectivity index (χ1n) is 8.65. The number of nitrogens with two attached hydrogens (primary N) is 1. The second-order valence-corrected chi connectivity index (χ2v) is 8.13. The number of benzene rings is 1. The lowest BCUT2D eigenvalue weighted by atomic mass is 10.2. The maximum absolute atomic E-state index is 13.0. The summed E-state index contributed by atoms with van der Waals surface area (Å²) in [5.74, 6) is 5.09. The van der Waals surface area contributed by atoms with Crippen LogP contribution in [0.15, 0.2) is 28.4 Å². The fraction of sp³-hybridized carbons (Fsp3) is 0.312. The van der Waals surface area contributed by atoms with Crippen molar-refractivity contribution in [3.05, 3.63) is 29.6 Å². The molecule has 3 rings (SSSR count). The van der Waals surface area contributed by atoms with Gasteiger partial charge in [-0.25, -0.2) is 5.84 Å². The van der Waals surface area contributed by atoms with Gasteiger partial charge in [0.15, 0.2) is 11.4 Å². The van der Waals surface area contributed by atoms with E-state index >= 15 is 0 Å². The summed E-state index contributed by atoms with van der Waals surface area (Å²) in [7, 11) is -5.90. The number of nitriles is 2. The van der Waals surface area contributed by atoms with E-state index in [0.29, 0.717) is 18.8 Å². The molecule has 1 saturated heterocycles. The third-order valence-electron chi connectivity index (χ3n) is 4.38. The highest BCUT2D eigenvalue weighted by molar-refractivity contribution is 7.93. The lowest BCUT2D eigenvalue weighted by molar-refractivity contribution is -0.0438. The Kier molecular flexibility index (Phi) is 5.83. The number of H-pyrrole nitrogens is 1. The maximum Gasteiger partial charge on any atom is 0.518 e. The quantitative estimate of drug-likeness (QED) is 0.398. The van der Waals surface area contributed by atoms with Crippen LogP contribution in [0.3, 0.4) is 0 Å². The lowest BCUT2D eigenvalue weighted by Gasteiger charge is -2.24. The summed E-state index contributed by atoms with van der Waals surface area (Å²) in [6.45, 7) is 1.30. The molecule has 31 heavy (non-hydrogen) atoms. The number of hydrogen-bond donors (Lipinski definition) is 2. The Morgan fingerprint density at radius 1 is 1.19 bits per heavy atom. The number of halogens is 3. The van der Waals surface area contributed by atoms with E-state index in [2.05, 4.69) is 20.2 Å². The molecule has 0 amide bonds. The fourth-order valence-corrected chi connectivity index (χ4v) is 3.49. The minimum atomic E-state index is -5.90. The molecular weight excluding hydrogens is 439 g/mol. The van der Waals surface area contributed by atoms with E-state index in [1.807, 2.05) is 4.90 Å². The summed E-state index contributed by atoms with van der Waals surface area (Å²) in [5.41, 5.74) is -6.45. The second kappa shape index (κ2) is 8.21. The highest BCUT2D eigenvalue weighted by Gasteiger charge is 2.50. The van der Waals surface area contributed by atoms with Crippen LogP contribution in [0.4, 0.5) is 36.2 Å². The Bertz CT molecular complexity index is 1170. The number of imidazole rings is 1. The average Bonchev–Trinajstić information content (AvgIpc) is 3.40. The summed E-state index contributed by atoms with van der Waals surface area (Å²) in [6, 6.07) is 7.33. The molecule has 0 unspecified atom stereocenters. The molecule has 15 heteroatoms.